The molecule has 0 fully saturated rings. The van der Waals surface area contributed by atoms with E-state index < -0.39 is 0 Å². The summed E-state index contributed by atoms with van der Waals surface area (Å²) < 4.78 is 11.5. The summed E-state index contributed by atoms with van der Waals surface area (Å²) in [6, 6.07) is 75.2. The van der Waals surface area contributed by atoms with Gasteiger partial charge in [0.05, 0.1) is 27.6 Å². The molecule has 0 bridgehead atoms. The SMILES string of the molecule is CC[n+]1c(C)ccc2ccccc21.CC[n+]1c(C)ccc2ccccc21.CC[n+]1ccc(C)c2ccccc21.Cc1ccc2cc(-c3ccc4ccccc4[n+]3C)cnc2c1.Cc1ccc2cc(C3=[N+](C)c4ccccc4C3(C)C)cnc2c1. The third-order valence-electron chi connectivity index (χ3n) is 16.6. The lowest BCUT2D eigenvalue weighted by Crippen LogP contribution is -2.36. The molecule has 1 aliphatic rings. The molecule has 0 unspecified atom stereocenters. The molecule has 0 atom stereocenters. The summed E-state index contributed by atoms with van der Waals surface area (Å²) in [6.45, 7) is 24.9. The summed E-state index contributed by atoms with van der Waals surface area (Å²) >= 11 is 0. The summed E-state index contributed by atoms with van der Waals surface area (Å²) in [7, 11) is 4.26. The summed E-state index contributed by atoms with van der Waals surface area (Å²) in [5, 5.41) is 7.60. The fourth-order valence-electron chi connectivity index (χ4n) is 12.2. The van der Waals surface area contributed by atoms with E-state index in [9.17, 15) is 0 Å². The fourth-order valence-corrected chi connectivity index (χ4v) is 12.2. The average molecular weight is 1100 g/mol. The van der Waals surface area contributed by atoms with E-state index in [1.54, 1.807) is 0 Å². The lowest BCUT2D eigenvalue weighted by molar-refractivity contribution is -0.674. The van der Waals surface area contributed by atoms with Crippen LogP contribution < -0.4 is 18.3 Å². The van der Waals surface area contributed by atoms with E-state index in [-0.39, 0.29) is 5.41 Å². The maximum atomic E-state index is 4.70. The molecule has 7 aromatic carbocycles. The molecule has 0 saturated heterocycles. The van der Waals surface area contributed by atoms with Crippen molar-refractivity contribution >= 4 is 76.8 Å². The van der Waals surface area contributed by atoms with Gasteiger partial charge in [-0.25, -0.2) is 0 Å². The first kappa shape index (κ1) is 57.9. The number of fused-ring (bicyclic) bond motifs is 7. The first-order chi connectivity index (χ1) is 40.7. The molecular formula is C77H80N7+5. The third-order valence-corrected chi connectivity index (χ3v) is 16.6. The normalized spacial score (nSPS) is 12.2. The van der Waals surface area contributed by atoms with Gasteiger partial charge in [-0.3, -0.25) is 9.97 Å². The number of hydrogen-bond donors (Lipinski definition) is 0. The van der Waals surface area contributed by atoms with Crippen molar-refractivity contribution in [2.75, 3.05) is 7.05 Å². The van der Waals surface area contributed by atoms with E-state index in [2.05, 4.69) is 330 Å². The largest absolute Gasteiger partial charge is 0.255 e. The van der Waals surface area contributed by atoms with Crippen molar-refractivity contribution in [1.29, 1.82) is 0 Å². The van der Waals surface area contributed by atoms with E-state index in [0.29, 0.717) is 0 Å². The molecule has 0 aliphatic carbocycles. The van der Waals surface area contributed by atoms with Gasteiger partial charge in [0.2, 0.25) is 39.2 Å². The zero-order valence-corrected chi connectivity index (χ0v) is 51.2. The van der Waals surface area contributed by atoms with Crippen molar-refractivity contribution < 1.29 is 22.8 Å². The van der Waals surface area contributed by atoms with Crippen LogP contribution in [0.25, 0.3) is 76.7 Å². The van der Waals surface area contributed by atoms with Crippen LogP contribution in [-0.4, -0.2) is 27.3 Å². The lowest BCUT2D eigenvalue weighted by atomic mass is 9.79. The number of rotatable bonds is 5. The molecule has 0 spiro atoms. The minimum absolute atomic E-state index is 0.0224. The van der Waals surface area contributed by atoms with E-state index >= 15 is 0 Å². The standard InChI is InChI=1S/C21H21N2.C20H17N2.3C12H14N/c1-14-9-10-15-12-16(13-22-18(15)11-14)20-21(2,3)17-7-5-6-8-19(17)23(20)4;1-14-7-8-16-12-17(13-21-18(16)11-14)20-10-9-15-5-3-4-6-19(15)22(20)2;1-3-13-9-8-10(2)11-6-4-5-7-12(11)13;2*1-3-13-10(2)8-9-11-6-4-5-7-12(11)13/h5-13H,1-4H3;3-13H,1-2H3;3*4-9H,3H2,1-2H3/q5*+1. The van der Waals surface area contributed by atoms with Crippen LogP contribution in [0.1, 0.15) is 73.8 Å². The molecular weight excluding hydrogens is 1020 g/mol. The van der Waals surface area contributed by atoms with Gasteiger partial charge in [-0.1, -0.05) is 91.0 Å². The first-order valence-electron chi connectivity index (χ1n) is 29.6. The average Bonchev–Trinajstić information content (AvgIpc) is 3.75. The van der Waals surface area contributed by atoms with Crippen LogP contribution in [0.4, 0.5) is 5.69 Å². The summed E-state index contributed by atoms with van der Waals surface area (Å²) in [5.41, 5.74) is 21.3. The number of pyridine rings is 6. The van der Waals surface area contributed by atoms with E-state index in [0.717, 1.165) is 36.2 Å². The van der Waals surface area contributed by atoms with Crippen molar-refractivity contribution in [2.24, 2.45) is 7.05 Å². The van der Waals surface area contributed by atoms with E-state index in [1.165, 1.54) is 111 Å². The van der Waals surface area contributed by atoms with Gasteiger partial charge < -0.3 is 0 Å². The highest BCUT2D eigenvalue weighted by molar-refractivity contribution is 6.08. The van der Waals surface area contributed by atoms with Crippen molar-refractivity contribution in [3.63, 3.8) is 0 Å². The van der Waals surface area contributed by atoms with Crippen molar-refractivity contribution in [1.82, 2.24) is 9.97 Å². The second-order valence-corrected chi connectivity index (χ2v) is 22.6. The predicted octanol–water partition coefficient (Wildman–Crippen LogP) is 16.2. The van der Waals surface area contributed by atoms with Crippen LogP contribution in [-0.2, 0) is 32.1 Å². The Kier molecular flexibility index (Phi) is 17.5. The topological polar surface area (TPSA) is 44.3 Å². The maximum absolute atomic E-state index is 4.70. The van der Waals surface area contributed by atoms with Gasteiger partial charge in [0.25, 0.3) is 0 Å². The van der Waals surface area contributed by atoms with Gasteiger partial charge in [-0.2, -0.15) is 22.8 Å². The molecule has 0 radical (unpaired) electrons. The van der Waals surface area contributed by atoms with Crippen LogP contribution in [0.15, 0.2) is 231 Å². The first-order valence-corrected chi connectivity index (χ1v) is 29.6. The van der Waals surface area contributed by atoms with Crippen LogP contribution in [0, 0.1) is 34.6 Å². The Hall–Kier alpha value is -9.33. The Bertz CT molecular complexity index is 4480. The summed E-state index contributed by atoms with van der Waals surface area (Å²) in [6.07, 6.45) is 6.13. The number of hydrogen-bond acceptors (Lipinski definition) is 2. The molecule has 7 nitrogen and oxygen atoms in total. The Morgan fingerprint density at radius 1 is 0.417 bits per heavy atom. The third kappa shape index (κ3) is 12.1. The number of benzene rings is 7. The Balaban J connectivity index is 0.000000120. The maximum Gasteiger partial charge on any atom is 0.214 e. The highest BCUT2D eigenvalue weighted by atomic mass is 15.0. The van der Waals surface area contributed by atoms with Crippen LogP contribution in [0.2, 0.25) is 0 Å². The highest BCUT2D eigenvalue weighted by Gasteiger charge is 2.45. The molecule has 6 aromatic heterocycles. The minimum Gasteiger partial charge on any atom is -0.255 e. The highest BCUT2D eigenvalue weighted by Crippen LogP contribution is 2.41. The van der Waals surface area contributed by atoms with Crippen LogP contribution in [0.5, 0.6) is 0 Å². The van der Waals surface area contributed by atoms with Gasteiger partial charge in [0.15, 0.2) is 17.6 Å². The van der Waals surface area contributed by atoms with Crippen LogP contribution >= 0.6 is 0 Å². The van der Waals surface area contributed by atoms with Crippen molar-refractivity contribution in [3.05, 3.63) is 270 Å². The fraction of sp³-hybridized carbons (Fsp3) is 0.208. The molecule has 7 heteroatoms. The monoisotopic (exact) mass is 1100 g/mol. The summed E-state index contributed by atoms with van der Waals surface area (Å²) in [5.74, 6) is 0. The number of para-hydroxylation sites is 5. The second kappa shape index (κ2) is 25.4. The van der Waals surface area contributed by atoms with Gasteiger partial charge >= 0.3 is 0 Å². The van der Waals surface area contributed by atoms with Crippen LogP contribution in [0.3, 0.4) is 0 Å². The van der Waals surface area contributed by atoms with E-state index in [4.69, 9.17) is 4.98 Å². The minimum atomic E-state index is -0.0224. The second-order valence-electron chi connectivity index (χ2n) is 22.6. The molecule has 84 heavy (non-hydrogen) atoms. The lowest BCUT2D eigenvalue weighted by Gasteiger charge is -2.17. The smallest absolute Gasteiger partial charge is 0.214 e. The molecule has 1 aliphatic heterocycles. The quantitative estimate of drug-likeness (QED) is 0.161. The zero-order chi connectivity index (χ0) is 59.1. The van der Waals surface area contributed by atoms with Gasteiger partial charge in [-0.05, 0) is 139 Å². The van der Waals surface area contributed by atoms with Crippen molar-refractivity contribution in [2.45, 2.75) is 94.3 Å². The number of aromatic nitrogens is 6. The Labute approximate surface area is 496 Å². The van der Waals surface area contributed by atoms with E-state index in [1.807, 2.05) is 12.4 Å². The Morgan fingerprint density at radius 3 is 1.44 bits per heavy atom. The summed E-state index contributed by atoms with van der Waals surface area (Å²) in [4.78, 5) is 9.33. The molecule has 13 aromatic rings. The number of nitrogens with zero attached hydrogens (tertiary/aromatic N) is 7. The van der Waals surface area contributed by atoms with Crippen molar-refractivity contribution in [3.8, 4) is 11.3 Å². The molecule has 0 saturated carbocycles. The van der Waals surface area contributed by atoms with Gasteiger partial charge in [0.1, 0.15) is 33.7 Å². The molecule has 0 N–H and O–H groups in total. The van der Waals surface area contributed by atoms with Gasteiger partial charge in [-0.15, -0.1) is 0 Å². The van der Waals surface area contributed by atoms with Gasteiger partial charge in [0, 0.05) is 119 Å². The predicted molar refractivity (Wildman–Crippen MR) is 350 cm³/mol. The number of aryl methyl sites for hydroxylation is 9. The Morgan fingerprint density at radius 2 is 0.881 bits per heavy atom. The molecule has 14 rings (SSSR count). The zero-order valence-electron chi connectivity index (χ0n) is 51.2. The molecule has 7 heterocycles. The molecule has 0 amide bonds. The molecule has 418 valence electrons.